The van der Waals surface area contributed by atoms with Crippen LogP contribution < -0.4 is 5.32 Å². The van der Waals surface area contributed by atoms with Crippen LogP contribution in [0.4, 0.5) is 10.1 Å². The van der Waals surface area contributed by atoms with Gasteiger partial charge < -0.3 is 5.32 Å². The summed E-state index contributed by atoms with van der Waals surface area (Å²) in [5.41, 5.74) is 1.50. The first-order valence-corrected chi connectivity index (χ1v) is 7.20. The van der Waals surface area contributed by atoms with Crippen LogP contribution in [0.2, 0.25) is 0 Å². The molecule has 1 amide bonds. The van der Waals surface area contributed by atoms with E-state index in [9.17, 15) is 9.18 Å². The predicted octanol–water partition coefficient (Wildman–Crippen LogP) is 3.45. The molecule has 0 aliphatic rings. The van der Waals surface area contributed by atoms with Crippen molar-refractivity contribution in [3.8, 4) is 0 Å². The Hall–Kier alpha value is -2.17. The minimum Gasteiger partial charge on any atom is -0.323 e. The Morgan fingerprint density at radius 1 is 1.38 bits per heavy atom. The van der Waals surface area contributed by atoms with Crippen LogP contribution in [0.25, 0.3) is 0 Å². The lowest BCUT2D eigenvalue weighted by Crippen LogP contribution is -2.21. The first kappa shape index (κ1) is 15.2. The molecule has 0 spiro atoms. The number of nitrogens with zero attached hydrogens (tertiary/aromatic N) is 2. The number of rotatable bonds is 6. The molecule has 2 aromatic rings. The first-order chi connectivity index (χ1) is 10.1. The van der Waals surface area contributed by atoms with Crippen LogP contribution in [0.15, 0.2) is 36.7 Å². The van der Waals surface area contributed by atoms with Crippen molar-refractivity contribution in [1.29, 1.82) is 0 Å². The Morgan fingerprint density at radius 2 is 2.14 bits per heavy atom. The Balaban J connectivity index is 2.00. The van der Waals surface area contributed by atoms with Gasteiger partial charge in [-0.1, -0.05) is 26.0 Å². The second kappa shape index (κ2) is 7.02. The molecule has 0 bridgehead atoms. The Labute approximate surface area is 124 Å². The summed E-state index contributed by atoms with van der Waals surface area (Å²) in [5, 5.41) is 7.05. The number of carbonyl (C=O) groups excluding carboxylic acids is 1. The van der Waals surface area contributed by atoms with E-state index >= 15 is 0 Å². The highest BCUT2D eigenvalue weighted by molar-refractivity contribution is 5.92. The van der Waals surface area contributed by atoms with Gasteiger partial charge in [-0.2, -0.15) is 5.10 Å². The highest BCUT2D eigenvalue weighted by atomic mass is 19.1. The molecule has 2 rings (SSSR count). The van der Waals surface area contributed by atoms with Crippen molar-refractivity contribution in [1.82, 2.24) is 9.78 Å². The van der Waals surface area contributed by atoms with E-state index in [-0.39, 0.29) is 17.6 Å². The SMILES string of the molecule is CCC(CC)C(=O)Nc1cnn(Cc2cccc(F)c2)c1. The van der Waals surface area contributed by atoms with Gasteiger partial charge in [0.15, 0.2) is 0 Å². The Bertz CT molecular complexity index is 605. The molecule has 1 N–H and O–H groups in total. The zero-order chi connectivity index (χ0) is 15.2. The zero-order valence-electron chi connectivity index (χ0n) is 12.3. The number of aromatic nitrogens is 2. The molecule has 0 aliphatic carbocycles. The molecule has 4 nitrogen and oxygen atoms in total. The molecule has 1 heterocycles. The fourth-order valence-electron chi connectivity index (χ4n) is 2.24. The van der Waals surface area contributed by atoms with E-state index in [1.807, 2.05) is 19.9 Å². The third-order valence-electron chi connectivity index (χ3n) is 3.49. The van der Waals surface area contributed by atoms with Gasteiger partial charge in [0.2, 0.25) is 5.91 Å². The summed E-state index contributed by atoms with van der Waals surface area (Å²) in [5.74, 6) is -0.219. The third-order valence-corrected chi connectivity index (χ3v) is 3.49. The summed E-state index contributed by atoms with van der Waals surface area (Å²) in [7, 11) is 0. The topological polar surface area (TPSA) is 46.9 Å². The number of nitrogens with one attached hydrogen (secondary N) is 1. The van der Waals surface area contributed by atoms with Crippen molar-refractivity contribution in [3.63, 3.8) is 0 Å². The Kier molecular flexibility index (Phi) is 5.09. The first-order valence-electron chi connectivity index (χ1n) is 7.20. The van der Waals surface area contributed by atoms with Crippen molar-refractivity contribution in [2.24, 2.45) is 5.92 Å². The second-order valence-corrected chi connectivity index (χ2v) is 5.06. The van der Waals surface area contributed by atoms with E-state index < -0.39 is 0 Å². The molecule has 0 fully saturated rings. The van der Waals surface area contributed by atoms with Crippen molar-refractivity contribution in [2.75, 3.05) is 5.32 Å². The number of hydrogen-bond acceptors (Lipinski definition) is 2. The zero-order valence-corrected chi connectivity index (χ0v) is 12.3. The van der Waals surface area contributed by atoms with E-state index in [1.54, 1.807) is 23.1 Å². The molecule has 1 aromatic heterocycles. The van der Waals surface area contributed by atoms with Gasteiger partial charge in [-0.3, -0.25) is 9.48 Å². The van der Waals surface area contributed by atoms with E-state index in [4.69, 9.17) is 0 Å². The van der Waals surface area contributed by atoms with Crippen LogP contribution in [0.1, 0.15) is 32.3 Å². The largest absolute Gasteiger partial charge is 0.323 e. The molecular formula is C16H20FN3O. The predicted molar refractivity (Wildman–Crippen MR) is 80.4 cm³/mol. The molecule has 0 saturated heterocycles. The standard InChI is InChI=1S/C16H20FN3O/c1-3-13(4-2)16(21)19-15-9-18-20(11-15)10-12-6-5-7-14(17)8-12/h5-9,11,13H,3-4,10H2,1-2H3,(H,19,21). The fourth-order valence-corrected chi connectivity index (χ4v) is 2.24. The van der Waals surface area contributed by atoms with Gasteiger partial charge in [0.1, 0.15) is 5.82 Å². The summed E-state index contributed by atoms with van der Waals surface area (Å²) >= 11 is 0. The normalized spacial score (nSPS) is 10.9. The highest BCUT2D eigenvalue weighted by Crippen LogP contribution is 2.13. The lowest BCUT2D eigenvalue weighted by Gasteiger charge is -2.11. The van der Waals surface area contributed by atoms with Crippen molar-refractivity contribution < 1.29 is 9.18 Å². The molecule has 0 saturated carbocycles. The summed E-state index contributed by atoms with van der Waals surface area (Å²) in [6, 6.07) is 6.40. The number of carbonyl (C=O) groups is 1. The van der Waals surface area contributed by atoms with Gasteiger partial charge in [0.25, 0.3) is 0 Å². The maximum Gasteiger partial charge on any atom is 0.227 e. The molecule has 0 radical (unpaired) electrons. The van der Waals surface area contributed by atoms with Gasteiger partial charge in [0.05, 0.1) is 18.4 Å². The summed E-state index contributed by atoms with van der Waals surface area (Å²) in [4.78, 5) is 12.0. The minimum atomic E-state index is -0.262. The average Bonchev–Trinajstić information content (AvgIpc) is 2.87. The van der Waals surface area contributed by atoms with Gasteiger partial charge >= 0.3 is 0 Å². The smallest absolute Gasteiger partial charge is 0.227 e. The molecule has 112 valence electrons. The molecule has 21 heavy (non-hydrogen) atoms. The van der Waals surface area contributed by atoms with Crippen LogP contribution in [0, 0.1) is 11.7 Å². The quantitative estimate of drug-likeness (QED) is 0.885. The average molecular weight is 289 g/mol. The summed E-state index contributed by atoms with van der Waals surface area (Å²) in [6.45, 7) is 4.47. The van der Waals surface area contributed by atoms with Crippen molar-refractivity contribution in [3.05, 3.63) is 48.0 Å². The van der Waals surface area contributed by atoms with Gasteiger partial charge in [-0.25, -0.2) is 4.39 Å². The number of benzene rings is 1. The van der Waals surface area contributed by atoms with Crippen molar-refractivity contribution >= 4 is 11.6 Å². The monoisotopic (exact) mass is 289 g/mol. The van der Waals surface area contributed by atoms with Crippen LogP contribution >= 0.6 is 0 Å². The molecule has 0 aliphatic heterocycles. The number of anilines is 1. The Morgan fingerprint density at radius 3 is 2.81 bits per heavy atom. The maximum absolute atomic E-state index is 13.1. The number of hydrogen-bond donors (Lipinski definition) is 1. The van der Waals surface area contributed by atoms with Crippen molar-refractivity contribution in [2.45, 2.75) is 33.2 Å². The second-order valence-electron chi connectivity index (χ2n) is 5.06. The van der Waals surface area contributed by atoms with E-state index in [0.717, 1.165) is 18.4 Å². The lowest BCUT2D eigenvalue weighted by atomic mass is 10.0. The van der Waals surface area contributed by atoms with Gasteiger partial charge in [0, 0.05) is 12.1 Å². The van der Waals surface area contributed by atoms with Crippen LogP contribution in [0.3, 0.4) is 0 Å². The molecule has 1 aromatic carbocycles. The molecule has 5 heteroatoms. The minimum absolute atomic E-state index is 0.0188. The molecule has 0 atom stereocenters. The molecular weight excluding hydrogens is 269 g/mol. The van der Waals surface area contributed by atoms with Crippen LogP contribution in [-0.4, -0.2) is 15.7 Å². The maximum atomic E-state index is 13.1. The highest BCUT2D eigenvalue weighted by Gasteiger charge is 2.14. The van der Waals surface area contributed by atoms with E-state index in [2.05, 4.69) is 10.4 Å². The fraction of sp³-hybridized carbons (Fsp3) is 0.375. The van der Waals surface area contributed by atoms with Crippen LogP contribution in [-0.2, 0) is 11.3 Å². The van der Waals surface area contributed by atoms with Gasteiger partial charge in [-0.15, -0.1) is 0 Å². The third kappa shape index (κ3) is 4.15. The van der Waals surface area contributed by atoms with Crippen LogP contribution in [0.5, 0.6) is 0 Å². The summed E-state index contributed by atoms with van der Waals surface area (Å²) < 4.78 is 14.8. The van der Waals surface area contributed by atoms with Gasteiger partial charge in [-0.05, 0) is 30.5 Å². The number of halogens is 1. The number of amides is 1. The van der Waals surface area contributed by atoms with E-state index in [0.29, 0.717) is 12.2 Å². The van der Waals surface area contributed by atoms with E-state index in [1.165, 1.54) is 12.1 Å². The lowest BCUT2D eigenvalue weighted by molar-refractivity contribution is -0.120. The molecule has 0 unspecified atom stereocenters. The summed E-state index contributed by atoms with van der Waals surface area (Å²) in [6.07, 6.45) is 5.00.